The van der Waals surface area contributed by atoms with Crippen LogP contribution >= 0.6 is 0 Å². The predicted molar refractivity (Wildman–Crippen MR) is 92.3 cm³/mol. The Morgan fingerprint density at radius 2 is 2.12 bits per heavy atom. The molecule has 0 aliphatic carbocycles. The number of rotatable bonds is 7. The Bertz CT molecular complexity index is 822. The van der Waals surface area contributed by atoms with Gasteiger partial charge in [0.25, 0.3) is 0 Å². The standard InChI is InChI=1S/C16H21N3O5S/c1-25(20,21)18-6-9-23-14-3-2-12-11-17-16(19-15(12)10-14)24-13-4-7-22-8-5-13/h2-3,10-11,13,18H,4-9H2,1H3. The summed E-state index contributed by atoms with van der Waals surface area (Å²) in [5, 5.41) is 0.876. The highest BCUT2D eigenvalue weighted by Crippen LogP contribution is 2.21. The molecule has 136 valence electrons. The van der Waals surface area contributed by atoms with Crippen molar-refractivity contribution in [3.05, 3.63) is 24.4 Å². The number of hydrogen-bond acceptors (Lipinski definition) is 7. The van der Waals surface area contributed by atoms with E-state index >= 15 is 0 Å². The maximum atomic E-state index is 11.0. The monoisotopic (exact) mass is 367 g/mol. The maximum Gasteiger partial charge on any atom is 0.317 e. The van der Waals surface area contributed by atoms with E-state index in [0.717, 1.165) is 24.5 Å². The Balaban J connectivity index is 1.63. The van der Waals surface area contributed by atoms with Crippen molar-refractivity contribution in [3.8, 4) is 11.8 Å². The van der Waals surface area contributed by atoms with E-state index in [2.05, 4.69) is 14.7 Å². The molecule has 1 aromatic carbocycles. The summed E-state index contributed by atoms with van der Waals surface area (Å²) in [5.74, 6) is 0.610. The second-order valence-corrected chi connectivity index (χ2v) is 7.65. The van der Waals surface area contributed by atoms with Gasteiger partial charge in [-0.25, -0.2) is 18.1 Å². The molecule has 1 N–H and O–H groups in total. The molecule has 1 aliphatic heterocycles. The summed E-state index contributed by atoms with van der Waals surface area (Å²) < 4.78 is 41.1. The average Bonchev–Trinajstić information content (AvgIpc) is 2.58. The molecule has 0 bridgehead atoms. The first-order chi connectivity index (χ1) is 12.0. The third kappa shape index (κ3) is 5.52. The van der Waals surface area contributed by atoms with Crippen LogP contribution in [0, 0.1) is 0 Å². The first-order valence-electron chi connectivity index (χ1n) is 8.08. The van der Waals surface area contributed by atoms with Crippen molar-refractivity contribution in [2.45, 2.75) is 18.9 Å². The number of hydrogen-bond donors (Lipinski definition) is 1. The second kappa shape index (κ2) is 7.94. The highest BCUT2D eigenvalue weighted by Gasteiger charge is 2.16. The molecule has 1 aromatic heterocycles. The molecule has 9 heteroatoms. The van der Waals surface area contributed by atoms with Crippen molar-refractivity contribution >= 4 is 20.9 Å². The van der Waals surface area contributed by atoms with Crippen LogP contribution in [0.5, 0.6) is 11.8 Å². The van der Waals surface area contributed by atoms with Crippen LogP contribution in [0.2, 0.25) is 0 Å². The van der Waals surface area contributed by atoms with E-state index in [1.807, 2.05) is 6.07 Å². The van der Waals surface area contributed by atoms with Crippen molar-refractivity contribution in [2.75, 3.05) is 32.6 Å². The summed E-state index contributed by atoms with van der Waals surface area (Å²) >= 11 is 0. The van der Waals surface area contributed by atoms with Gasteiger partial charge >= 0.3 is 6.01 Å². The first-order valence-corrected chi connectivity index (χ1v) is 9.97. The average molecular weight is 367 g/mol. The summed E-state index contributed by atoms with van der Waals surface area (Å²) in [6, 6.07) is 5.78. The zero-order valence-corrected chi connectivity index (χ0v) is 14.8. The van der Waals surface area contributed by atoms with E-state index in [4.69, 9.17) is 14.2 Å². The largest absolute Gasteiger partial charge is 0.492 e. The molecule has 0 unspecified atom stereocenters. The van der Waals surface area contributed by atoms with E-state index in [9.17, 15) is 8.42 Å². The molecule has 2 heterocycles. The molecule has 0 radical (unpaired) electrons. The number of nitrogens with zero attached hydrogens (tertiary/aromatic N) is 2. The van der Waals surface area contributed by atoms with E-state index in [0.29, 0.717) is 30.5 Å². The minimum absolute atomic E-state index is 0.0766. The van der Waals surface area contributed by atoms with E-state index < -0.39 is 10.0 Å². The van der Waals surface area contributed by atoms with Crippen LogP contribution in [-0.2, 0) is 14.8 Å². The number of benzene rings is 1. The SMILES string of the molecule is CS(=O)(=O)NCCOc1ccc2cnc(OC3CCOCC3)nc2c1. The van der Waals surface area contributed by atoms with Gasteiger partial charge < -0.3 is 14.2 Å². The van der Waals surface area contributed by atoms with Gasteiger partial charge in [-0.3, -0.25) is 0 Å². The van der Waals surface area contributed by atoms with Gasteiger partial charge in [0.1, 0.15) is 18.5 Å². The molecule has 8 nitrogen and oxygen atoms in total. The van der Waals surface area contributed by atoms with E-state index in [-0.39, 0.29) is 19.3 Å². The minimum atomic E-state index is -3.21. The summed E-state index contributed by atoms with van der Waals surface area (Å²) in [6.45, 7) is 1.82. The quantitative estimate of drug-likeness (QED) is 0.732. The van der Waals surface area contributed by atoms with Crippen LogP contribution in [0.1, 0.15) is 12.8 Å². The van der Waals surface area contributed by atoms with Gasteiger partial charge in [0, 0.05) is 37.0 Å². The topological polar surface area (TPSA) is 99.6 Å². The fourth-order valence-electron chi connectivity index (χ4n) is 2.47. The van der Waals surface area contributed by atoms with Crippen LogP contribution in [0.25, 0.3) is 10.9 Å². The number of ether oxygens (including phenoxy) is 3. The third-order valence-electron chi connectivity index (χ3n) is 3.71. The number of nitrogens with one attached hydrogen (secondary N) is 1. The lowest BCUT2D eigenvalue weighted by Crippen LogP contribution is -2.26. The molecule has 3 rings (SSSR count). The van der Waals surface area contributed by atoms with Crippen molar-refractivity contribution in [3.63, 3.8) is 0 Å². The molecule has 0 saturated carbocycles. The molecule has 0 spiro atoms. The normalized spacial score (nSPS) is 16.0. The van der Waals surface area contributed by atoms with Crippen LogP contribution < -0.4 is 14.2 Å². The maximum absolute atomic E-state index is 11.0. The van der Waals surface area contributed by atoms with Gasteiger partial charge in [0.15, 0.2) is 0 Å². The van der Waals surface area contributed by atoms with Gasteiger partial charge in [0.05, 0.1) is 25.0 Å². The summed E-state index contributed by atoms with van der Waals surface area (Å²) in [5.41, 5.74) is 0.714. The molecular formula is C16H21N3O5S. The number of fused-ring (bicyclic) bond motifs is 1. The summed E-state index contributed by atoms with van der Waals surface area (Å²) in [6.07, 6.45) is 4.56. The molecule has 1 aliphatic rings. The zero-order valence-electron chi connectivity index (χ0n) is 14.0. The van der Waals surface area contributed by atoms with Crippen molar-refractivity contribution in [2.24, 2.45) is 0 Å². The third-order valence-corrected chi connectivity index (χ3v) is 4.44. The highest BCUT2D eigenvalue weighted by molar-refractivity contribution is 7.88. The summed E-state index contributed by atoms with van der Waals surface area (Å²) in [7, 11) is -3.21. The van der Waals surface area contributed by atoms with Crippen LogP contribution in [0.3, 0.4) is 0 Å². The Kier molecular flexibility index (Phi) is 5.67. The lowest BCUT2D eigenvalue weighted by Gasteiger charge is -2.22. The molecular weight excluding hydrogens is 346 g/mol. The number of sulfonamides is 1. The zero-order chi connectivity index (χ0) is 17.7. The van der Waals surface area contributed by atoms with Gasteiger partial charge in [-0.15, -0.1) is 0 Å². The van der Waals surface area contributed by atoms with Crippen molar-refractivity contribution < 1.29 is 22.6 Å². The molecule has 2 aromatic rings. The molecule has 0 atom stereocenters. The molecule has 0 amide bonds. The van der Waals surface area contributed by atoms with Gasteiger partial charge in [-0.1, -0.05) is 0 Å². The lowest BCUT2D eigenvalue weighted by atomic mass is 10.2. The minimum Gasteiger partial charge on any atom is -0.492 e. The fraction of sp³-hybridized carbons (Fsp3) is 0.500. The van der Waals surface area contributed by atoms with Crippen LogP contribution in [0.15, 0.2) is 24.4 Å². The van der Waals surface area contributed by atoms with Crippen molar-refractivity contribution in [1.82, 2.24) is 14.7 Å². The second-order valence-electron chi connectivity index (χ2n) is 5.82. The fourth-order valence-corrected chi connectivity index (χ4v) is 2.93. The van der Waals surface area contributed by atoms with E-state index in [1.165, 1.54) is 0 Å². The molecule has 25 heavy (non-hydrogen) atoms. The first kappa shape index (κ1) is 17.8. The predicted octanol–water partition coefficient (Wildman–Crippen LogP) is 1.12. The molecule has 1 fully saturated rings. The summed E-state index contributed by atoms with van der Waals surface area (Å²) in [4.78, 5) is 8.67. The van der Waals surface area contributed by atoms with E-state index in [1.54, 1.807) is 18.3 Å². The Morgan fingerprint density at radius 1 is 1.32 bits per heavy atom. The van der Waals surface area contributed by atoms with Gasteiger partial charge in [0.2, 0.25) is 10.0 Å². The van der Waals surface area contributed by atoms with Gasteiger partial charge in [-0.2, -0.15) is 4.98 Å². The van der Waals surface area contributed by atoms with Crippen LogP contribution in [-0.4, -0.2) is 57.1 Å². The Hall–Kier alpha value is -1.97. The molecule has 1 saturated heterocycles. The van der Waals surface area contributed by atoms with Gasteiger partial charge in [-0.05, 0) is 12.1 Å². The lowest BCUT2D eigenvalue weighted by molar-refractivity contribution is 0.0218. The Morgan fingerprint density at radius 3 is 2.88 bits per heavy atom. The van der Waals surface area contributed by atoms with Crippen molar-refractivity contribution in [1.29, 1.82) is 0 Å². The number of aromatic nitrogens is 2. The highest BCUT2D eigenvalue weighted by atomic mass is 32.2. The Labute approximate surface area is 146 Å². The van der Waals surface area contributed by atoms with Crippen LogP contribution in [0.4, 0.5) is 0 Å². The smallest absolute Gasteiger partial charge is 0.317 e.